The minimum Gasteiger partial charge on any atom is -0.459 e. The van der Waals surface area contributed by atoms with Crippen LogP contribution in [0.5, 0.6) is 5.88 Å². The molecule has 0 saturated heterocycles. The molecule has 0 fully saturated rings. The number of rotatable bonds is 4. The van der Waals surface area contributed by atoms with Crippen LogP contribution < -0.4 is 10.5 Å². The van der Waals surface area contributed by atoms with Gasteiger partial charge in [-0.2, -0.15) is 0 Å². The molecule has 8 heteroatoms. The lowest BCUT2D eigenvalue weighted by atomic mass is 10.2. The molecule has 106 valence electrons. The van der Waals surface area contributed by atoms with E-state index in [2.05, 4.69) is 10.3 Å². The summed E-state index contributed by atoms with van der Waals surface area (Å²) in [5.74, 6) is -0.968. The Balaban J connectivity index is 2.57. The van der Waals surface area contributed by atoms with Gasteiger partial charge in [-0.15, -0.1) is 0 Å². The molecule has 2 N–H and O–H groups in total. The predicted octanol–water partition coefficient (Wildman–Crippen LogP) is -0.128. The Labute approximate surface area is 110 Å². The summed E-state index contributed by atoms with van der Waals surface area (Å²) in [4.78, 5) is 22.4. The maximum atomic E-state index is 11.7. The van der Waals surface area contributed by atoms with Crippen LogP contribution in [0.15, 0.2) is 6.20 Å². The van der Waals surface area contributed by atoms with Crippen LogP contribution in [-0.4, -0.2) is 38.6 Å². The number of aromatic nitrogens is 3. The van der Waals surface area contributed by atoms with Crippen molar-refractivity contribution in [3.63, 3.8) is 0 Å². The lowest BCUT2D eigenvalue weighted by Gasteiger charge is -2.21. The van der Waals surface area contributed by atoms with Crippen molar-refractivity contribution < 1.29 is 19.1 Å². The zero-order chi connectivity index (χ0) is 14.6. The van der Waals surface area contributed by atoms with Gasteiger partial charge in [0.15, 0.2) is 0 Å². The Morgan fingerprint density at radius 2 is 2.11 bits per heavy atom. The number of ether oxygens (including phenoxy) is 2. The van der Waals surface area contributed by atoms with E-state index in [0.29, 0.717) is 0 Å². The molecule has 1 heterocycles. The lowest BCUT2D eigenvalue weighted by molar-refractivity contribution is -0.156. The molecule has 0 saturated carbocycles. The van der Waals surface area contributed by atoms with Crippen molar-refractivity contribution in [2.45, 2.75) is 45.9 Å². The summed E-state index contributed by atoms with van der Waals surface area (Å²) in [6, 6.07) is -0.869. The van der Waals surface area contributed by atoms with Gasteiger partial charge in [0, 0.05) is 6.92 Å². The highest BCUT2D eigenvalue weighted by Crippen LogP contribution is 2.09. The maximum absolute atomic E-state index is 11.7. The number of hydrogen-bond acceptors (Lipinski definition) is 7. The molecule has 1 atom stereocenters. The standard InChI is InChI=1S/C11H18N4O4/c1-7(16)18-9-6-15(14-13-9)5-8(12)10(17)19-11(2,3)4/h6,8H,5,12H2,1-4H3. The van der Waals surface area contributed by atoms with Crippen LogP contribution in [0.3, 0.4) is 0 Å². The van der Waals surface area contributed by atoms with Gasteiger partial charge in [0.2, 0.25) is 0 Å². The van der Waals surface area contributed by atoms with Crippen molar-refractivity contribution in [3.05, 3.63) is 6.20 Å². The largest absolute Gasteiger partial charge is 0.459 e. The summed E-state index contributed by atoms with van der Waals surface area (Å²) in [5.41, 5.74) is 5.10. The third kappa shape index (κ3) is 5.47. The van der Waals surface area contributed by atoms with Crippen LogP contribution in [0.25, 0.3) is 0 Å². The minimum atomic E-state index is -0.869. The summed E-state index contributed by atoms with van der Waals surface area (Å²) >= 11 is 0. The smallest absolute Gasteiger partial charge is 0.325 e. The molecule has 0 aliphatic carbocycles. The lowest BCUT2D eigenvalue weighted by Crippen LogP contribution is -2.40. The third-order valence-corrected chi connectivity index (χ3v) is 1.86. The van der Waals surface area contributed by atoms with Crippen LogP contribution in [0.1, 0.15) is 27.7 Å². The van der Waals surface area contributed by atoms with E-state index in [0.717, 1.165) is 0 Å². The fraction of sp³-hybridized carbons (Fsp3) is 0.636. The molecule has 0 aliphatic heterocycles. The number of carbonyl (C=O) groups excluding carboxylic acids is 2. The first-order chi connectivity index (χ1) is 8.67. The molecular weight excluding hydrogens is 252 g/mol. The Morgan fingerprint density at radius 3 is 2.63 bits per heavy atom. The quantitative estimate of drug-likeness (QED) is 0.759. The van der Waals surface area contributed by atoms with Crippen LogP contribution in [0.2, 0.25) is 0 Å². The molecule has 0 spiro atoms. The van der Waals surface area contributed by atoms with Crippen molar-refractivity contribution in [2.75, 3.05) is 0 Å². The van der Waals surface area contributed by atoms with Gasteiger partial charge in [0.05, 0.1) is 12.7 Å². The number of hydrogen-bond donors (Lipinski definition) is 1. The van der Waals surface area contributed by atoms with E-state index < -0.39 is 23.6 Å². The van der Waals surface area contributed by atoms with Gasteiger partial charge >= 0.3 is 11.9 Å². The molecule has 1 aromatic heterocycles. The van der Waals surface area contributed by atoms with Crippen molar-refractivity contribution in [3.8, 4) is 5.88 Å². The van der Waals surface area contributed by atoms with E-state index in [1.807, 2.05) is 0 Å². The summed E-state index contributed by atoms with van der Waals surface area (Å²) < 4.78 is 11.2. The van der Waals surface area contributed by atoms with Crippen LogP contribution in [-0.2, 0) is 20.9 Å². The monoisotopic (exact) mass is 270 g/mol. The maximum Gasteiger partial charge on any atom is 0.325 e. The molecule has 1 aromatic rings. The van der Waals surface area contributed by atoms with E-state index in [1.165, 1.54) is 17.8 Å². The van der Waals surface area contributed by atoms with E-state index in [1.54, 1.807) is 20.8 Å². The molecule has 1 unspecified atom stereocenters. The summed E-state index contributed by atoms with van der Waals surface area (Å²) in [6.07, 6.45) is 1.38. The van der Waals surface area contributed by atoms with E-state index >= 15 is 0 Å². The first-order valence-corrected chi connectivity index (χ1v) is 5.74. The fourth-order valence-corrected chi connectivity index (χ4v) is 1.22. The van der Waals surface area contributed by atoms with Gasteiger partial charge in [-0.05, 0) is 20.8 Å². The van der Waals surface area contributed by atoms with Crippen LogP contribution in [0.4, 0.5) is 0 Å². The van der Waals surface area contributed by atoms with Crippen LogP contribution >= 0.6 is 0 Å². The Bertz CT molecular complexity index is 464. The highest BCUT2D eigenvalue weighted by atomic mass is 16.6. The minimum absolute atomic E-state index is 0.0592. The highest BCUT2D eigenvalue weighted by molar-refractivity contribution is 5.75. The fourth-order valence-electron chi connectivity index (χ4n) is 1.22. The van der Waals surface area contributed by atoms with Gasteiger partial charge in [-0.25, -0.2) is 4.68 Å². The molecular formula is C11H18N4O4. The predicted molar refractivity (Wildman–Crippen MR) is 65.2 cm³/mol. The number of nitrogens with two attached hydrogens (primary N) is 1. The number of carbonyl (C=O) groups is 2. The first-order valence-electron chi connectivity index (χ1n) is 5.74. The topological polar surface area (TPSA) is 109 Å². The molecule has 19 heavy (non-hydrogen) atoms. The Kier molecular flexibility index (Phi) is 4.60. The summed E-state index contributed by atoms with van der Waals surface area (Å²) in [6.45, 7) is 6.61. The van der Waals surface area contributed by atoms with Gasteiger partial charge in [-0.3, -0.25) is 9.59 Å². The van der Waals surface area contributed by atoms with Gasteiger partial charge in [-0.1, -0.05) is 10.3 Å². The summed E-state index contributed by atoms with van der Waals surface area (Å²) in [7, 11) is 0. The van der Waals surface area contributed by atoms with Gasteiger partial charge in [0.1, 0.15) is 11.6 Å². The van der Waals surface area contributed by atoms with E-state index in [9.17, 15) is 9.59 Å². The Hall–Kier alpha value is -1.96. The second kappa shape index (κ2) is 5.79. The molecule has 1 rings (SSSR count). The number of nitrogens with zero attached hydrogens (tertiary/aromatic N) is 3. The van der Waals surface area contributed by atoms with Gasteiger partial charge in [0.25, 0.3) is 5.88 Å². The third-order valence-electron chi connectivity index (χ3n) is 1.86. The van der Waals surface area contributed by atoms with Gasteiger partial charge < -0.3 is 15.2 Å². The molecule has 0 aromatic carbocycles. The van der Waals surface area contributed by atoms with Crippen molar-refractivity contribution in [2.24, 2.45) is 5.73 Å². The highest BCUT2D eigenvalue weighted by Gasteiger charge is 2.23. The average Bonchev–Trinajstić information content (AvgIpc) is 2.61. The normalized spacial score (nSPS) is 12.9. The second-order valence-corrected chi connectivity index (χ2v) is 5.01. The molecule has 8 nitrogen and oxygen atoms in total. The first kappa shape index (κ1) is 15.1. The Morgan fingerprint density at radius 1 is 1.47 bits per heavy atom. The van der Waals surface area contributed by atoms with Crippen LogP contribution in [0, 0.1) is 0 Å². The number of esters is 2. The zero-order valence-electron chi connectivity index (χ0n) is 11.4. The molecule has 0 aliphatic rings. The van der Waals surface area contributed by atoms with E-state index in [4.69, 9.17) is 15.2 Å². The molecule has 0 amide bonds. The average molecular weight is 270 g/mol. The van der Waals surface area contributed by atoms with Crippen molar-refractivity contribution >= 4 is 11.9 Å². The second-order valence-electron chi connectivity index (χ2n) is 5.01. The molecule has 0 bridgehead atoms. The van der Waals surface area contributed by atoms with Crippen molar-refractivity contribution in [1.82, 2.24) is 15.0 Å². The zero-order valence-corrected chi connectivity index (χ0v) is 11.4. The molecule has 0 radical (unpaired) electrons. The van der Waals surface area contributed by atoms with Crippen molar-refractivity contribution in [1.29, 1.82) is 0 Å². The SMILES string of the molecule is CC(=O)Oc1cn(CC(N)C(=O)OC(C)(C)C)nn1. The summed E-state index contributed by atoms with van der Waals surface area (Å²) in [5, 5.41) is 7.30. The van der Waals surface area contributed by atoms with E-state index in [-0.39, 0.29) is 12.4 Å².